The highest BCUT2D eigenvalue weighted by molar-refractivity contribution is 5.89. The average Bonchev–Trinajstić information content (AvgIpc) is 3.84. The summed E-state index contributed by atoms with van der Waals surface area (Å²) in [6.45, 7) is 3.81. The first kappa shape index (κ1) is 23.4. The number of nitrogens with one attached hydrogen (secondary N) is 1. The Morgan fingerprint density at radius 1 is 1.11 bits per heavy atom. The number of likely N-dealkylation sites (tertiary alicyclic amines) is 1. The molecule has 1 aromatic heterocycles. The SMILES string of the molecule is COC(=O)c1ccc(CN2CCC(c3nc(C4(CN[C@@H]5CC5c5ccccc5)CC4)no3)CC2)cc1. The number of hydrogen-bond acceptors (Lipinski definition) is 7. The van der Waals surface area contributed by atoms with Crippen molar-refractivity contribution >= 4 is 5.97 Å². The lowest BCUT2D eigenvalue weighted by Gasteiger charge is -2.30. The van der Waals surface area contributed by atoms with Crippen LogP contribution in [-0.2, 0) is 16.7 Å². The fourth-order valence-corrected chi connectivity index (χ4v) is 5.52. The van der Waals surface area contributed by atoms with E-state index in [-0.39, 0.29) is 11.4 Å². The molecule has 188 valence electrons. The molecule has 7 nitrogen and oxygen atoms in total. The first-order valence-corrected chi connectivity index (χ1v) is 13.2. The summed E-state index contributed by atoms with van der Waals surface area (Å²) in [7, 11) is 1.41. The number of piperidine rings is 1. The third kappa shape index (κ3) is 4.95. The number of nitrogens with zero attached hydrogens (tertiary/aromatic N) is 3. The number of rotatable bonds is 9. The molecule has 2 saturated carbocycles. The van der Waals surface area contributed by atoms with Crippen molar-refractivity contribution in [2.75, 3.05) is 26.7 Å². The van der Waals surface area contributed by atoms with Crippen molar-refractivity contribution in [1.82, 2.24) is 20.4 Å². The zero-order valence-corrected chi connectivity index (χ0v) is 20.9. The van der Waals surface area contributed by atoms with Gasteiger partial charge in [0, 0.05) is 36.4 Å². The van der Waals surface area contributed by atoms with Crippen LogP contribution in [0.4, 0.5) is 0 Å². The molecule has 2 atom stereocenters. The van der Waals surface area contributed by atoms with E-state index in [2.05, 4.69) is 45.7 Å². The minimum Gasteiger partial charge on any atom is -0.465 e. The van der Waals surface area contributed by atoms with Gasteiger partial charge in [0.15, 0.2) is 5.82 Å². The van der Waals surface area contributed by atoms with Crippen LogP contribution in [0, 0.1) is 0 Å². The second-order valence-corrected chi connectivity index (χ2v) is 10.7. The lowest BCUT2D eigenvalue weighted by molar-refractivity contribution is 0.0600. The Hall–Kier alpha value is -3.03. The molecule has 2 heterocycles. The van der Waals surface area contributed by atoms with Gasteiger partial charge in [0.25, 0.3) is 0 Å². The fourth-order valence-electron chi connectivity index (χ4n) is 5.52. The van der Waals surface area contributed by atoms with Crippen LogP contribution in [0.1, 0.15) is 77.1 Å². The number of esters is 1. The van der Waals surface area contributed by atoms with Crippen molar-refractivity contribution in [2.45, 2.75) is 61.9 Å². The van der Waals surface area contributed by atoms with Gasteiger partial charge in [-0.2, -0.15) is 4.98 Å². The maximum atomic E-state index is 11.6. The standard InChI is InChI=1S/C29H34N4O3/c1-35-27(34)23-9-7-20(8-10-23)18-33-15-11-22(12-16-33)26-31-28(32-36-26)29(13-14-29)19-30-25-17-24(25)21-5-3-2-4-6-21/h2-10,22,24-25,30H,11-19H2,1H3/t24?,25-/m1/s1. The number of ether oxygens (including phenoxy) is 1. The van der Waals surface area contributed by atoms with Crippen molar-refractivity contribution in [3.63, 3.8) is 0 Å². The van der Waals surface area contributed by atoms with Crippen LogP contribution >= 0.6 is 0 Å². The van der Waals surface area contributed by atoms with E-state index in [0.29, 0.717) is 23.4 Å². The topological polar surface area (TPSA) is 80.5 Å². The molecule has 1 unspecified atom stereocenters. The Morgan fingerprint density at radius 3 is 2.56 bits per heavy atom. The summed E-state index contributed by atoms with van der Waals surface area (Å²) in [6, 6.07) is 19.1. The van der Waals surface area contributed by atoms with Gasteiger partial charge in [-0.05, 0) is 68.5 Å². The molecule has 3 fully saturated rings. The van der Waals surface area contributed by atoms with Gasteiger partial charge in [-0.1, -0.05) is 47.6 Å². The molecule has 3 aliphatic rings. The quantitative estimate of drug-likeness (QED) is 0.449. The highest BCUT2D eigenvalue weighted by Gasteiger charge is 2.50. The number of aromatic nitrogens is 2. The van der Waals surface area contributed by atoms with E-state index in [0.717, 1.165) is 63.6 Å². The maximum Gasteiger partial charge on any atom is 0.337 e. The van der Waals surface area contributed by atoms with Crippen molar-refractivity contribution in [1.29, 1.82) is 0 Å². The summed E-state index contributed by atoms with van der Waals surface area (Å²) in [5.74, 6) is 2.38. The highest BCUT2D eigenvalue weighted by atomic mass is 16.5. The molecular formula is C29H34N4O3. The van der Waals surface area contributed by atoms with Gasteiger partial charge in [-0.3, -0.25) is 4.90 Å². The van der Waals surface area contributed by atoms with Gasteiger partial charge < -0.3 is 14.6 Å². The predicted octanol–water partition coefficient (Wildman–Crippen LogP) is 4.41. The van der Waals surface area contributed by atoms with Crippen LogP contribution in [0.3, 0.4) is 0 Å². The Bertz CT molecular complexity index is 1180. The van der Waals surface area contributed by atoms with Gasteiger partial charge in [-0.25, -0.2) is 4.79 Å². The van der Waals surface area contributed by atoms with E-state index in [4.69, 9.17) is 14.2 Å². The Morgan fingerprint density at radius 2 is 1.86 bits per heavy atom. The molecule has 7 heteroatoms. The monoisotopic (exact) mass is 486 g/mol. The molecule has 0 radical (unpaired) electrons. The zero-order valence-electron chi connectivity index (χ0n) is 20.9. The molecule has 36 heavy (non-hydrogen) atoms. The van der Waals surface area contributed by atoms with Gasteiger partial charge in [0.05, 0.1) is 12.7 Å². The fraction of sp³-hybridized carbons (Fsp3) is 0.483. The summed E-state index contributed by atoms with van der Waals surface area (Å²) in [5, 5.41) is 8.22. The van der Waals surface area contributed by atoms with Crippen LogP contribution in [-0.4, -0.2) is 53.8 Å². The van der Waals surface area contributed by atoms with Crippen molar-refractivity contribution in [3.05, 3.63) is 83.0 Å². The highest BCUT2D eigenvalue weighted by Crippen LogP contribution is 2.48. The maximum absolute atomic E-state index is 11.6. The number of carbonyl (C=O) groups is 1. The first-order chi connectivity index (χ1) is 17.6. The summed E-state index contributed by atoms with van der Waals surface area (Å²) in [5.41, 5.74) is 3.28. The Balaban J connectivity index is 0.987. The second kappa shape index (κ2) is 9.79. The number of carbonyl (C=O) groups excluding carboxylic acids is 1. The molecule has 2 aromatic carbocycles. The van der Waals surface area contributed by atoms with Gasteiger partial charge in [0.2, 0.25) is 5.89 Å². The Labute approximate surface area is 212 Å². The summed E-state index contributed by atoms with van der Waals surface area (Å²) >= 11 is 0. The summed E-state index contributed by atoms with van der Waals surface area (Å²) in [6.07, 6.45) is 5.53. The third-order valence-corrected chi connectivity index (χ3v) is 8.21. The van der Waals surface area contributed by atoms with Crippen LogP contribution < -0.4 is 5.32 Å². The second-order valence-electron chi connectivity index (χ2n) is 10.7. The van der Waals surface area contributed by atoms with E-state index in [9.17, 15) is 4.79 Å². The van der Waals surface area contributed by atoms with Gasteiger partial charge >= 0.3 is 5.97 Å². The lowest BCUT2D eigenvalue weighted by atomic mass is 9.96. The number of hydrogen-bond donors (Lipinski definition) is 1. The minimum atomic E-state index is -0.297. The average molecular weight is 487 g/mol. The van der Waals surface area contributed by atoms with Crippen LogP contribution in [0.25, 0.3) is 0 Å². The molecule has 6 rings (SSSR count). The van der Waals surface area contributed by atoms with Crippen molar-refractivity contribution in [2.24, 2.45) is 0 Å². The first-order valence-electron chi connectivity index (χ1n) is 13.2. The molecule has 0 spiro atoms. The Kier molecular flexibility index (Phi) is 6.36. The van der Waals surface area contributed by atoms with Crippen LogP contribution in [0.5, 0.6) is 0 Å². The van der Waals surface area contributed by atoms with Gasteiger partial charge in [0.1, 0.15) is 0 Å². The minimum absolute atomic E-state index is 0.0582. The van der Waals surface area contributed by atoms with Crippen LogP contribution in [0.2, 0.25) is 0 Å². The number of benzene rings is 2. The smallest absolute Gasteiger partial charge is 0.337 e. The molecule has 3 aromatic rings. The van der Waals surface area contributed by atoms with E-state index in [1.165, 1.54) is 24.7 Å². The molecule has 0 amide bonds. The van der Waals surface area contributed by atoms with E-state index in [1.54, 1.807) is 0 Å². The number of methoxy groups -OCH3 is 1. The van der Waals surface area contributed by atoms with Crippen LogP contribution in [0.15, 0.2) is 59.1 Å². The zero-order chi connectivity index (χ0) is 24.5. The summed E-state index contributed by atoms with van der Waals surface area (Å²) < 4.78 is 10.6. The molecule has 1 N–H and O–H groups in total. The predicted molar refractivity (Wildman–Crippen MR) is 136 cm³/mol. The molecule has 0 bridgehead atoms. The third-order valence-electron chi connectivity index (χ3n) is 8.21. The molecular weight excluding hydrogens is 452 g/mol. The molecule has 1 saturated heterocycles. The lowest BCUT2D eigenvalue weighted by Crippen LogP contribution is -2.32. The van der Waals surface area contributed by atoms with E-state index in [1.807, 2.05) is 24.3 Å². The van der Waals surface area contributed by atoms with Gasteiger partial charge in [-0.15, -0.1) is 0 Å². The molecule has 1 aliphatic heterocycles. The van der Waals surface area contributed by atoms with Crippen molar-refractivity contribution in [3.8, 4) is 0 Å². The largest absolute Gasteiger partial charge is 0.465 e. The van der Waals surface area contributed by atoms with E-state index < -0.39 is 0 Å². The normalized spacial score (nSPS) is 23.4. The van der Waals surface area contributed by atoms with Crippen molar-refractivity contribution < 1.29 is 14.1 Å². The van der Waals surface area contributed by atoms with E-state index >= 15 is 0 Å². The molecule has 2 aliphatic carbocycles. The summed E-state index contributed by atoms with van der Waals surface area (Å²) in [4.78, 5) is 19.0.